The predicted molar refractivity (Wildman–Crippen MR) is 59.9 cm³/mol. The largest absolute Gasteiger partial charge is 0.478 e. The van der Waals surface area contributed by atoms with Gasteiger partial charge in [0.25, 0.3) is 0 Å². The standard InChI is InChI=1S/C12H15NO4/c1-16-12(4-6-17-7-5-12)10-3-2-9(8-13-10)11(14)15/h2-3,8H,4-7H2,1H3,(H,14,15). The molecule has 0 atom stereocenters. The van der Waals surface area contributed by atoms with E-state index in [1.54, 1.807) is 19.2 Å². The minimum Gasteiger partial charge on any atom is -0.478 e. The summed E-state index contributed by atoms with van der Waals surface area (Å²) in [5.41, 5.74) is 0.523. The summed E-state index contributed by atoms with van der Waals surface area (Å²) in [4.78, 5) is 15.0. The molecule has 0 bridgehead atoms. The number of aromatic nitrogens is 1. The van der Waals surface area contributed by atoms with E-state index in [-0.39, 0.29) is 5.56 Å². The van der Waals surface area contributed by atoms with Crippen LogP contribution in [0.2, 0.25) is 0 Å². The topological polar surface area (TPSA) is 68.7 Å². The third-order valence-electron chi connectivity index (χ3n) is 3.17. The molecule has 1 saturated heterocycles. The molecule has 2 heterocycles. The van der Waals surface area contributed by atoms with Crippen LogP contribution >= 0.6 is 0 Å². The fraction of sp³-hybridized carbons (Fsp3) is 0.500. The Morgan fingerprint density at radius 2 is 2.18 bits per heavy atom. The maximum atomic E-state index is 10.7. The van der Waals surface area contributed by atoms with Crippen LogP contribution in [-0.2, 0) is 15.1 Å². The number of methoxy groups -OCH3 is 1. The molecule has 1 N–H and O–H groups in total. The lowest BCUT2D eigenvalue weighted by Gasteiger charge is -2.35. The van der Waals surface area contributed by atoms with Crippen LogP contribution in [0.4, 0.5) is 0 Å². The molecule has 17 heavy (non-hydrogen) atoms. The number of hydrogen-bond donors (Lipinski definition) is 1. The van der Waals surface area contributed by atoms with E-state index in [1.807, 2.05) is 0 Å². The SMILES string of the molecule is COC1(c2ccc(C(=O)O)cn2)CCOCC1. The van der Waals surface area contributed by atoms with Crippen LogP contribution in [0.1, 0.15) is 28.9 Å². The molecule has 5 nitrogen and oxygen atoms in total. The van der Waals surface area contributed by atoms with Gasteiger partial charge in [0.05, 0.1) is 11.3 Å². The molecule has 1 fully saturated rings. The highest BCUT2D eigenvalue weighted by molar-refractivity contribution is 5.87. The van der Waals surface area contributed by atoms with Gasteiger partial charge in [-0.15, -0.1) is 0 Å². The summed E-state index contributed by atoms with van der Waals surface area (Å²) in [6, 6.07) is 3.28. The number of rotatable bonds is 3. The van der Waals surface area contributed by atoms with Crippen LogP contribution in [0.15, 0.2) is 18.3 Å². The first-order valence-electron chi connectivity index (χ1n) is 5.51. The van der Waals surface area contributed by atoms with E-state index in [4.69, 9.17) is 14.6 Å². The lowest BCUT2D eigenvalue weighted by molar-refractivity contribution is -0.0973. The van der Waals surface area contributed by atoms with Crippen molar-refractivity contribution in [1.82, 2.24) is 4.98 Å². The van der Waals surface area contributed by atoms with Crippen molar-refractivity contribution >= 4 is 5.97 Å². The van der Waals surface area contributed by atoms with Crippen molar-refractivity contribution in [3.05, 3.63) is 29.6 Å². The number of carboxylic acids is 1. The molecule has 0 aliphatic carbocycles. The molecule has 1 aliphatic heterocycles. The molecule has 0 saturated carbocycles. The average Bonchev–Trinajstić information content (AvgIpc) is 2.39. The lowest BCUT2D eigenvalue weighted by Crippen LogP contribution is -2.36. The van der Waals surface area contributed by atoms with E-state index in [1.165, 1.54) is 6.20 Å². The first-order valence-corrected chi connectivity index (χ1v) is 5.51. The highest BCUT2D eigenvalue weighted by atomic mass is 16.5. The van der Waals surface area contributed by atoms with Gasteiger partial charge in [0.1, 0.15) is 5.60 Å². The Labute approximate surface area is 99.4 Å². The van der Waals surface area contributed by atoms with Crippen molar-refractivity contribution in [2.24, 2.45) is 0 Å². The van der Waals surface area contributed by atoms with Crippen LogP contribution in [0.25, 0.3) is 0 Å². The van der Waals surface area contributed by atoms with Gasteiger partial charge in [-0.1, -0.05) is 0 Å². The minimum absolute atomic E-state index is 0.187. The van der Waals surface area contributed by atoms with Gasteiger partial charge < -0.3 is 14.6 Å². The van der Waals surface area contributed by atoms with Crippen molar-refractivity contribution in [2.45, 2.75) is 18.4 Å². The monoisotopic (exact) mass is 237 g/mol. The first-order chi connectivity index (χ1) is 8.18. The number of ether oxygens (including phenoxy) is 2. The van der Waals surface area contributed by atoms with Crippen LogP contribution in [0, 0.1) is 0 Å². The summed E-state index contributed by atoms with van der Waals surface area (Å²) in [5.74, 6) is -0.970. The van der Waals surface area contributed by atoms with Gasteiger partial charge in [0.2, 0.25) is 0 Å². The molecule has 0 spiro atoms. The van der Waals surface area contributed by atoms with Crippen molar-refractivity contribution < 1.29 is 19.4 Å². The average molecular weight is 237 g/mol. The smallest absolute Gasteiger partial charge is 0.337 e. The molecule has 0 radical (unpaired) electrons. The number of hydrogen-bond acceptors (Lipinski definition) is 4. The third-order valence-corrected chi connectivity index (χ3v) is 3.17. The van der Waals surface area contributed by atoms with Crippen LogP contribution < -0.4 is 0 Å². The molecule has 2 rings (SSSR count). The number of carbonyl (C=O) groups is 1. The number of nitrogens with zero attached hydrogens (tertiary/aromatic N) is 1. The second kappa shape index (κ2) is 4.81. The summed E-state index contributed by atoms with van der Waals surface area (Å²) < 4.78 is 10.9. The zero-order valence-corrected chi connectivity index (χ0v) is 9.68. The fourth-order valence-corrected chi connectivity index (χ4v) is 2.06. The summed E-state index contributed by atoms with van der Waals surface area (Å²) in [6.07, 6.45) is 2.85. The second-order valence-electron chi connectivity index (χ2n) is 4.05. The van der Waals surface area contributed by atoms with Gasteiger partial charge in [-0.05, 0) is 12.1 Å². The molecule has 0 unspecified atom stereocenters. The zero-order chi connectivity index (χ0) is 12.3. The zero-order valence-electron chi connectivity index (χ0n) is 9.68. The highest BCUT2D eigenvalue weighted by Crippen LogP contribution is 2.34. The molecular weight excluding hydrogens is 222 g/mol. The Morgan fingerprint density at radius 3 is 2.65 bits per heavy atom. The van der Waals surface area contributed by atoms with Crippen LogP contribution in [-0.4, -0.2) is 36.4 Å². The van der Waals surface area contributed by atoms with E-state index in [0.29, 0.717) is 13.2 Å². The van der Waals surface area contributed by atoms with Crippen molar-refractivity contribution in [1.29, 1.82) is 0 Å². The Bertz CT molecular complexity index is 395. The Morgan fingerprint density at radius 1 is 1.47 bits per heavy atom. The van der Waals surface area contributed by atoms with E-state index >= 15 is 0 Å². The van der Waals surface area contributed by atoms with Crippen molar-refractivity contribution in [3.63, 3.8) is 0 Å². The number of aromatic carboxylic acids is 1. The van der Waals surface area contributed by atoms with Crippen LogP contribution in [0.3, 0.4) is 0 Å². The fourth-order valence-electron chi connectivity index (χ4n) is 2.06. The molecular formula is C12H15NO4. The Hall–Kier alpha value is -1.46. The van der Waals surface area contributed by atoms with Gasteiger partial charge in [-0.3, -0.25) is 4.98 Å². The molecule has 1 aliphatic rings. The lowest BCUT2D eigenvalue weighted by atomic mass is 9.89. The van der Waals surface area contributed by atoms with Gasteiger partial charge in [-0.2, -0.15) is 0 Å². The van der Waals surface area contributed by atoms with E-state index in [2.05, 4.69) is 4.98 Å². The van der Waals surface area contributed by atoms with Crippen molar-refractivity contribution in [3.8, 4) is 0 Å². The predicted octanol–water partition coefficient (Wildman–Crippen LogP) is 1.43. The van der Waals surface area contributed by atoms with E-state index in [0.717, 1.165) is 18.5 Å². The van der Waals surface area contributed by atoms with Crippen LogP contribution in [0.5, 0.6) is 0 Å². The molecule has 92 valence electrons. The number of carboxylic acid groups (broad SMARTS) is 1. The molecule has 5 heteroatoms. The van der Waals surface area contributed by atoms with Gasteiger partial charge in [0, 0.05) is 39.4 Å². The van der Waals surface area contributed by atoms with Gasteiger partial charge in [-0.25, -0.2) is 4.79 Å². The maximum absolute atomic E-state index is 10.7. The van der Waals surface area contributed by atoms with E-state index < -0.39 is 11.6 Å². The van der Waals surface area contributed by atoms with Crippen molar-refractivity contribution in [2.75, 3.05) is 20.3 Å². The minimum atomic E-state index is -0.970. The molecule has 0 aromatic carbocycles. The van der Waals surface area contributed by atoms with E-state index in [9.17, 15) is 4.79 Å². The summed E-state index contributed by atoms with van der Waals surface area (Å²) in [6.45, 7) is 1.27. The maximum Gasteiger partial charge on any atom is 0.337 e. The van der Waals surface area contributed by atoms with Gasteiger partial charge in [0.15, 0.2) is 0 Å². The highest BCUT2D eigenvalue weighted by Gasteiger charge is 2.35. The second-order valence-corrected chi connectivity index (χ2v) is 4.05. The molecule has 1 aromatic heterocycles. The van der Waals surface area contributed by atoms with Gasteiger partial charge >= 0.3 is 5.97 Å². The third kappa shape index (κ3) is 2.30. The summed E-state index contributed by atoms with van der Waals surface area (Å²) in [5, 5.41) is 8.82. The first kappa shape index (κ1) is 12.0. The summed E-state index contributed by atoms with van der Waals surface area (Å²) >= 11 is 0. The number of pyridine rings is 1. The normalized spacial score (nSPS) is 18.9. The molecule has 1 aromatic rings. The summed E-state index contributed by atoms with van der Waals surface area (Å²) in [7, 11) is 1.65. The molecule has 0 amide bonds. The Balaban J connectivity index is 2.27. The Kier molecular flexibility index (Phi) is 3.40. The quantitative estimate of drug-likeness (QED) is 0.861.